The Hall–Kier alpha value is -1.90. The van der Waals surface area contributed by atoms with Crippen molar-refractivity contribution in [2.24, 2.45) is 5.92 Å². The number of rotatable bonds is 3. The Morgan fingerprint density at radius 2 is 2.00 bits per heavy atom. The van der Waals surface area contributed by atoms with E-state index in [0.717, 1.165) is 12.0 Å². The van der Waals surface area contributed by atoms with Crippen LogP contribution in [0.25, 0.3) is 5.57 Å². The standard InChI is InChI=1S/C15H16O3/c1-2-10-3-5-11(6-4-10)14-9-12(16)7-8-13(14)15(17)18/h3-6,9,13H,2,7-8H2,1H3,(H,17,18). The average Bonchev–Trinajstić information content (AvgIpc) is 2.38. The van der Waals surface area contributed by atoms with Crippen molar-refractivity contribution in [3.8, 4) is 0 Å². The van der Waals surface area contributed by atoms with Gasteiger partial charge in [-0.3, -0.25) is 9.59 Å². The fourth-order valence-electron chi connectivity index (χ4n) is 2.26. The zero-order valence-electron chi connectivity index (χ0n) is 10.3. The Bertz CT molecular complexity index is 497. The summed E-state index contributed by atoms with van der Waals surface area (Å²) in [5.74, 6) is -1.40. The first kappa shape index (κ1) is 12.6. The number of carboxylic acids is 1. The molecule has 0 aromatic heterocycles. The van der Waals surface area contributed by atoms with Gasteiger partial charge in [-0.15, -0.1) is 0 Å². The van der Waals surface area contributed by atoms with Gasteiger partial charge in [-0.2, -0.15) is 0 Å². The number of carbonyl (C=O) groups excluding carboxylic acids is 1. The largest absolute Gasteiger partial charge is 0.481 e. The lowest BCUT2D eigenvalue weighted by atomic mass is 9.83. The number of carboxylic acid groups (broad SMARTS) is 1. The van der Waals surface area contributed by atoms with E-state index in [1.54, 1.807) is 0 Å². The molecule has 0 amide bonds. The molecule has 0 saturated heterocycles. The molecule has 3 heteroatoms. The van der Waals surface area contributed by atoms with Gasteiger partial charge in [-0.05, 0) is 35.6 Å². The fraction of sp³-hybridized carbons (Fsp3) is 0.333. The van der Waals surface area contributed by atoms with Crippen LogP contribution in [0.15, 0.2) is 30.3 Å². The summed E-state index contributed by atoms with van der Waals surface area (Å²) in [6.07, 6.45) is 3.16. The van der Waals surface area contributed by atoms with Gasteiger partial charge in [0.25, 0.3) is 0 Å². The average molecular weight is 244 g/mol. The van der Waals surface area contributed by atoms with E-state index in [1.807, 2.05) is 24.3 Å². The van der Waals surface area contributed by atoms with E-state index >= 15 is 0 Å². The first-order valence-electron chi connectivity index (χ1n) is 6.18. The molecular weight excluding hydrogens is 228 g/mol. The molecule has 18 heavy (non-hydrogen) atoms. The number of aliphatic carboxylic acids is 1. The van der Waals surface area contributed by atoms with Gasteiger partial charge >= 0.3 is 5.97 Å². The predicted molar refractivity (Wildman–Crippen MR) is 69.2 cm³/mol. The number of benzene rings is 1. The molecule has 94 valence electrons. The minimum absolute atomic E-state index is 0.0158. The van der Waals surface area contributed by atoms with Crippen molar-refractivity contribution < 1.29 is 14.7 Å². The Morgan fingerprint density at radius 1 is 1.33 bits per heavy atom. The number of hydrogen-bond acceptors (Lipinski definition) is 2. The molecular formula is C15H16O3. The maximum absolute atomic E-state index is 11.5. The number of hydrogen-bond donors (Lipinski definition) is 1. The number of allylic oxidation sites excluding steroid dienone is 1. The summed E-state index contributed by atoms with van der Waals surface area (Å²) in [6.45, 7) is 2.07. The Labute approximate surface area is 106 Å². The number of aryl methyl sites for hydroxylation is 1. The lowest BCUT2D eigenvalue weighted by Crippen LogP contribution is -2.21. The topological polar surface area (TPSA) is 54.4 Å². The molecule has 1 aliphatic rings. The maximum Gasteiger partial charge on any atom is 0.311 e. The second kappa shape index (κ2) is 5.17. The molecule has 0 spiro atoms. The van der Waals surface area contributed by atoms with E-state index in [2.05, 4.69) is 6.92 Å². The molecule has 0 bridgehead atoms. The monoisotopic (exact) mass is 244 g/mol. The van der Waals surface area contributed by atoms with Gasteiger partial charge in [0.1, 0.15) is 0 Å². The van der Waals surface area contributed by atoms with Crippen molar-refractivity contribution in [2.45, 2.75) is 26.2 Å². The van der Waals surface area contributed by atoms with Crippen molar-refractivity contribution in [3.63, 3.8) is 0 Å². The molecule has 0 heterocycles. The Balaban J connectivity index is 2.37. The van der Waals surface area contributed by atoms with Crippen LogP contribution in [0.3, 0.4) is 0 Å². The normalized spacial score (nSPS) is 19.5. The molecule has 3 nitrogen and oxygen atoms in total. The van der Waals surface area contributed by atoms with Gasteiger partial charge in [0.2, 0.25) is 0 Å². The minimum atomic E-state index is -0.853. The molecule has 1 aromatic rings. The lowest BCUT2D eigenvalue weighted by Gasteiger charge is -2.20. The molecule has 1 N–H and O–H groups in total. The highest BCUT2D eigenvalue weighted by Gasteiger charge is 2.28. The first-order valence-corrected chi connectivity index (χ1v) is 6.18. The second-order valence-corrected chi connectivity index (χ2v) is 4.55. The summed E-state index contributed by atoms with van der Waals surface area (Å²) >= 11 is 0. The Morgan fingerprint density at radius 3 is 2.56 bits per heavy atom. The van der Waals surface area contributed by atoms with E-state index in [1.165, 1.54) is 11.6 Å². The summed E-state index contributed by atoms with van der Waals surface area (Å²) in [5.41, 5.74) is 2.68. The third-order valence-corrected chi connectivity index (χ3v) is 3.36. The third kappa shape index (κ3) is 2.50. The number of ketones is 1. The van der Waals surface area contributed by atoms with Gasteiger partial charge in [0, 0.05) is 6.42 Å². The molecule has 0 radical (unpaired) electrons. The van der Waals surface area contributed by atoms with Crippen LogP contribution in [0.4, 0.5) is 0 Å². The van der Waals surface area contributed by atoms with Crippen molar-refractivity contribution >= 4 is 17.3 Å². The van der Waals surface area contributed by atoms with Crippen LogP contribution in [0.1, 0.15) is 30.9 Å². The zero-order chi connectivity index (χ0) is 13.1. The van der Waals surface area contributed by atoms with E-state index < -0.39 is 11.9 Å². The summed E-state index contributed by atoms with van der Waals surface area (Å²) in [4.78, 5) is 22.7. The maximum atomic E-state index is 11.5. The van der Waals surface area contributed by atoms with Gasteiger partial charge in [-0.25, -0.2) is 0 Å². The van der Waals surface area contributed by atoms with Crippen LogP contribution in [0.5, 0.6) is 0 Å². The van der Waals surface area contributed by atoms with Crippen molar-refractivity contribution in [3.05, 3.63) is 41.5 Å². The molecule has 0 saturated carbocycles. The zero-order valence-corrected chi connectivity index (χ0v) is 10.3. The highest BCUT2D eigenvalue weighted by molar-refractivity contribution is 6.03. The minimum Gasteiger partial charge on any atom is -0.481 e. The first-order chi connectivity index (χ1) is 8.61. The highest BCUT2D eigenvalue weighted by atomic mass is 16.4. The van der Waals surface area contributed by atoms with E-state index in [4.69, 9.17) is 0 Å². The molecule has 0 fully saturated rings. The van der Waals surface area contributed by atoms with Gasteiger partial charge in [-0.1, -0.05) is 31.2 Å². The number of carbonyl (C=O) groups is 2. The Kier molecular flexibility index (Phi) is 3.60. The fourth-order valence-corrected chi connectivity index (χ4v) is 2.26. The highest BCUT2D eigenvalue weighted by Crippen LogP contribution is 2.31. The van der Waals surface area contributed by atoms with Crippen LogP contribution in [0, 0.1) is 5.92 Å². The molecule has 1 aliphatic carbocycles. The van der Waals surface area contributed by atoms with Crippen molar-refractivity contribution in [1.82, 2.24) is 0 Å². The van der Waals surface area contributed by atoms with Crippen molar-refractivity contribution in [2.75, 3.05) is 0 Å². The van der Waals surface area contributed by atoms with Crippen LogP contribution < -0.4 is 0 Å². The SMILES string of the molecule is CCc1ccc(C2=CC(=O)CCC2C(=O)O)cc1. The molecule has 1 aromatic carbocycles. The van der Waals surface area contributed by atoms with Crippen LogP contribution >= 0.6 is 0 Å². The summed E-state index contributed by atoms with van der Waals surface area (Å²) in [7, 11) is 0. The van der Waals surface area contributed by atoms with Crippen LogP contribution in [0.2, 0.25) is 0 Å². The molecule has 1 atom stereocenters. The smallest absolute Gasteiger partial charge is 0.311 e. The molecule has 1 unspecified atom stereocenters. The van der Waals surface area contributed by atoms with E-state index in [-0.39, 0.29) is 5.78 Å². The van der Waals surface area contributed by atoms with Crippen molar-refractivity contribution in [1.29, 1.82) is 0 Å². The third-order valence-electron chi connectivity index (χ3n) is 3.36. The lowest BCUT2D eigenvalue weighted by molar-refractivity contribution is -0.140. The predicted octanol–water partition coefficient (Wildman–Crippen LogP) is 2.70. The van der Waals surface area contributed by atoms with Crippen LogP contribution in [-0.2, 0) is 16.0 Å². The molecule has 0 aliphatic heterocycles. The van der Waals surface area contributed by atoms with E-state index in [0.29, 0.717) is 18.4 Å². The quantitative estimate of drug-likeness (QED) is 0.889. The summed E-state index contributed by atoms with van der Waals surface area (Å²) in [6, 6.07) is 7.76. The van der Waals surface area contributed by atoms with Crippen LogP contribution in [-0.4, -0.2) is 16.9 Å². The second-order valence-electron chi connectivity index (χ2n) is 4.55. The van der Waals surface area contributed by atoms with Gasteiger partial charge in [0.15, 0.2) is 5.78 Å². The van der Waals surface area contributed by atoms with Gasteiger partial charge in [0.05, 0.1) is 5.92 Å². The van der Waals surface area contributed by atoms with Gasteiger partial charge < -0.3 is 5.11 Å². The molecule has 2 rings (SSSR count). The van der Waals surface area contributed by atoms with E-state index in [9.17, 15) is 14.7 Å². The summed E-state index contributed by atoms with van der Waals surface area (Å²) in [5, 5.41) is 9.20. The summed E-state index contributed by atoms with van der Waals surface area (Å²) < 4.78 is 0.